The number of aryl methyl sites for hydroxylation is 1. The molecule has 1 heterocycles. The van der Waals surface area contributed by atoms with E-state index in [2.05, 4.69) is 22.3 Å². The van der Waals surface area contributed by atoms with Crippen molar-refractivity contribution < 1.29 is 4.74 Å². The monoisotopic (exact) mass is 250 g/mol. The van der Waals surface area contributed by atoms with Crippen molar-refractivity contribution in [2.45, 2.75) is 52.2 Å². The van der Waals surface area contributed by atoms with Crippen LogP contribution < -0.4 is 11.3 Å². The minimum atomic E-state index is 0.361. The normalized spacial score (nSPS) is 23.9. The van der Waals surface area contributed by atoms with Crippen molar-refractivity contribution in [1.29, 1.82) is 0 Å². The van der Waals surface area contributed by atoms with Gasteiger partial charge in [0.25, 0.3) is 0 Å². The summed E-state index contributed by atoms with van der Waals surface area (Å²) in [7, 11) is 0. The fourth-order valence-corrected chi connectivity index (χ4v) is 2.36. The van der Waals surface area contributed by atoms with Crippen LogP contribution in [0.15, 0.2) is 6.07 Å². The summed E-state index contributed by atoms with van der Waals surface area (Å²) < 4.78 is 5.88. The zero-order chi connectivity index (χ0) is 13.0. The minimum absolute atomic E-state index is 0.361. The summed E-state index contributed by atoms with van der Waals surface area (Å²) in [6, 6.07) is 1.81. The average molecular weight is 250 g/mol. The van der Waals surface area contributed by atoms with E-state index in [1.165, 1.54) is 12.8 Å². The Balaban J connectivity index is 1.88. The zero-order valence-corrected chi connectivity index (χ0v) is 11.1. The number of rotatable bonds is 4. The highest BCUT2D eigenvalue weighted by molar-refractivity contribution is 5.33. The van der Waals surface area contributed by atoms with Crippen LogP contribution in [0.1, 0.15) is 44.1 Å². The molecule has 5 nitrogen and oxygen atoms in total. The quantitative estimate of drug-likeness (QED) is 0.633. The first-order valence-electron chi connectivity index (χ1n) is 6.60. The van der Waals surface area contributed by atoms with E-state index in [0.717, 1.165) is 24.5 Å². The summed E-state index contributed by atoms with van der Waals surface area (Å²) in [4.78, 5) is 8.63. The van der Waals surface area contributed by atoms with E-state index in [0.29, 0.717) is 24.4 Å². The van der Waals surface area contributed by atoms with Crippen LogP contribution in [0.2, 0.25) is 0 Å². The van der Waals surface area contributed by atoms with Gasteiger partial charge < -0.3 is 10.2 Å². The number of hydrazine groups is 1. The number of nitrogens with zero attached hydrogens (tertiary/aromatic N) is 2. The molecular formula is C13H22N4O. The maximum absolute atomic E-state index is 5.88. The van der Waals surface area contributed by atoms with Crippen LogP contribution in [0.5, 0.6) is 0 Å². The van der Waals surface area contributed by atoms with Gasteiger partial charge >= 0.3 is 0 Å². The summed E-state index contributed by atoms with van der Waals surface area (Å²) in [6.07, 6.45) is 5.17. The molecule has 5 heteroatoms. The Morgan fingerprint density at radius 3 is 2.72 bits per heavy atom. The second-order valence-electron chi connectivity index (χ2n) is 5.15. The van der Waals surface area contributed by atoms with Gasteiger partial charge in [0.05, 0.1) is 6.10 Å². The molecule has 100 valence electrons. The van der Waals surface area contributed by atoms with Crippen LogP contribution in [-0.4, -0.2) is 16.1 Å². The summed E-state index contributed by atoms with van der Waals surface area (Å²) in [5, 5.41) is 0. The van der Waals surface area contributed by atoms with Crippen molar-refractivity contribution >= 4 is 5.82 Å². The molecule has 0 aliphatic heterocycles. The summed E-state index contributed by atoms with van der Waals surface area (Å²) in [5.41, 5.74) is 3.44. The van der Waals surface area contributed by atoms with Gasteiger partial charge in [-0.2, -0.15) is 0 Å². The van der Waals surface area contributed by atoms with E-state index in [1.807, 2.05) is 13.0 Å². The number of anilines is 1. The molecule has 1 aliphatic rings. The lowest BCUT2D eigenvalue weighted by molar-refractivity contribution is 0.00564. The predicted molar refractivity (Wildman–Crippen MR) is 70.8 cm³/mol. The summed E-state index contributed by atoms with van der Waals surface area (Å²) >= 11 is 0. The Labute approximate surface area is 108 Å². The molecule has 0 bridgehead atoms. The van der Waals surface area contributed by atoms with Crippen molar-refractivity contribution in [3.63, 3.8) is 0 Å². The number of aromatic nitrogens is 2. The highest BCUT2D eigenvalue weighted by Crippen LogP contribution is 2.25. The molecule has 0 atom stereocenters. The standard InChI is InChI=1S/C13H22N4O/c1-9-3-5-11(6-4-9)18-8-13-15-10(2)7-12(16-13)17-14/h7,9,11H,3-6,8,14H2,1-2H3,(H,15,16,17). The second-order valence-corrected chi connectivity index (χ2v) is 5.15. The van der Waals surface area contributed by atoms with Crippen molar-refractivity contribution in [2.75, 3.05) is 5.43 Å². The largest absolute Gasteiger partial charge is 0.370 e. The molecule has 0 saturated heterocycles. The first-order chi connectivity index (χ1) is 8.67. The van der Waals surface area contributed by atoms with Crippen LogP contribution in [0.3, 0.4) is 0 Å². The lowest BCUT2D eigenvalue weighted by atomic mass is 9.89. The van der Waals surface area contributed by atoms with Crippen LogP contribution >= 0.6 is 0 Å². The predicted octanol–water partition coefficient (Wildman–Crippen LogP) is 2.17. The SMILES string of the molecule is Cc1cc(NN)nc(COC2CCC(C)CC2)n1. The molecule has 0 unspecified atom stereocenters. The van der Waals surface area contributed by atoms with Crippen LogP contribution in [0, 0.1) is 12.8 Å². The lowest BCUT2D eigenvalue weighted by Crippen LogP contribution is -2.21. The number of nitrogens with one attached hydrogen (secondary N) is 1. The van der Waals surface area contributed by atoms with E-state index < -0.39 is 0 Å². The fraction of sp³-hybridized carbons (Fsp3) is 0.692. The van der Waals surface area contributed by atoms with Crippen molar-refractivity contribution in [1.82, 2.24) is 9.97 Å². The smallest absolute Gasteiger partial charge is 0.156 e. The van der Waals surface area contributed by atoms with Gasteiger partial charge in [-0.3, -0.25) is 0 Å². The number of hydrogen-bond acceptors (Lipinski definition) is 5. The lowest BCUT2D eigenvalue weighted by Gasteiger charge is -2.26. The van der Waals surface area contributed by atoms with Crippen molar-refractivity contribution in [2.24, 2.45) is 11.8 Å². The third-order valence-electron chi connectivity index (χ3n) is 3.46. The zero-order valence-electron chi connectivity index (χ0n) is 11.1. The molecule has 0 radical (unpaired) electrons. The van der Waals surface area contributed by atoms with Gasteiger partial charge in [-0.05, 0) is 38.5 Å². The third-order valence-corrected chi connectivity index (χ3v) is 3.46. The molecule has 1 saturated carbocycles. The van der Waals surface area contributed by atoms with E-state index in [1.54, 1.807) is 0 Å². The Morgan fingerprint density at radius 2 is 2.06 bits per heavy atom. The summed E-state index contributed by atoms with van der Waals surface area (Å²) in [5.74, 6) is 7.53. The molecule has 0 aromatic carbocycles. The van der Waals surface area contributed by atoms with Gasteiger partial charge in [0.2, 0.25) is 0 Å². The molecule has 0 amide bonds. The second kappa shape index (κ2) is 6.11. The van der Waals surface area contributed by atoms with Crippen LogP contribution in [0.25, 0.3) is 0 Å². The van der Waals surface area contributed by atoms with Crippen molar-refractivity contribution in [3.05, 3.63) is 17.6 Å². The average Bonchev–Trinajstić information content (AvgIpc) is 2.37. The minimum Gasteiger partial charge on any atom is -0.370 e. The molecule has 1 aliphatic carbocycles. The van der Waals surface area contributed by atoms with Gasteiger partial charge in [0, 0.05) is 11.8 Å². The molecule has 3 N–H and O–H groups in total. The van der Waals surface area contributed by atoms with Crippen LogP contribution in [0.4, 0.5) is 5.82 Å². The maximum Gasteiger partial charge on any atom is 0.156 e. The first kappa shape index (κ1) is 13.2. The molecule has 0 spiro atoms. The fourth-order valence-electron chi connectivity index (χ4n) is 2.36. The van der Waals surface area contributed by atoms with Gasteiger partial charge in [-0.1, -0.05) is 6.92 Å². The number of nitrogen functional groups attached to an aromatic ring is 1. The number of ether oxygens (including phenoxy) is 1. The Bertz CT molecular complexity index is 389. The van der Waals surface area contributed by atoms with Crippen molar-refractivity contribution in [3.8, 4) is 0 Å². The Morgan fingerprint density at radius 1 is 1.33 bits per heavy atom. The Hall–Kier alpha value is -1.20. The van der Waals surface area contributed by atoms with Gasteiger partial charge in [0.15, 0.2) is 5.82 Å². The first-order valence-corrected chi connectivity index (χ1v) is 6.60. The van der Waals surface area contributed by atoms with E-state index in [9.17, 15) is 0 Å². The highest BCUT2D eigenvalue weighted by Gasteiger charge is 2.18. The van der Waals surface area contributed by atoms with E-state index >= 15 is 0 Å². The third kappa shape index (κ3) is 3.65. The van der Waals surface area contributed by atoms with Gasteiger partial charge in [-0.25, -0.2) is 15.8 Å². The Kier molecular flexibility index (Phi) is 4.49. The van der Waals surface area contributed by atoms with Gasteiger partial charge in [0.1, 0.15) is 12.4 Å². The molecule has 1 aromatic rings. The molecule has 1 fully saturated rings. The topological polar surface area (TPSA) is 73.1 Å². The van der Waals surface area contributed by atoms with E-state index in [4.69, 9.17) is 10.6 Å². The van der Waals surface area contributed by atoms with Gasteiger partial charge in [-0.15, -0.1) is 0 Å². The van der Waals surface area contributed by atoms with Crippen LogP contribution in [-0.2, 0) is 11.3 Å². The summed E-state index contributed by atoms with van der Waals surface area (Å²) in [6.45, 7) is 4.70. The molecular weight excluding hydrogens is 228 g/mol. The highest BCUT2D eigenvalue weighted by atomic mass is 16.5. The molecule has 2 rings (SSSR count). The number of nitrogens with two attached hydrogens (primary N) is 1. The molecule has 1 aromatic heterocycles. The molecule has 18 heavy (non-hydrogen) atoms. The maximum atomic E-state index is 5.88. The van der Waals surface area contributed by atoms with E-state index in [-0.39, 0.29) is 0 Å². The number of hydrogen-bond donors (Lipinski definition) is 2.